The maximum absolute atomic E-state index is 12.6. The van der Waals surface area contributed by atoms with Crippen molar-refractivity contribution in [3.8, 4) is 0 Å². The summed E-state index contributed by atoms with van der Waals surface area (Å²) in [5.41, 5.74) is 0. The smallest absolute Gasteiger partial charge is 0.364 e. The molecule has 0 saturated carbocycles. The molecule has 49 heavy (non-hydrogen) atoms. The fourth-order valence-electron chi connectivity index (χ4n) is 5.70. The van der Waals surface area contributed by atoms with Crippen molar-refractivity contribution in [3.05, 3.63) is 0 Å². The maximum atomic E-state index is 12.6. The number of hydrogen-bond acceptors (Lipinski definition) is 20. The molecule has 0 aromatic heterocycles. The predicted molar refractivity (Wildman–Crippen MR) is 147 cm³/mol. The van der Waals surface area contributed by atoms with Gasteiger partial charge in [-0.1, -0.05) is 0 Å². The Morgan fingerprint density at radius 3 is 1.65 bits per heavy atom. The quantitative estimate of drug-likeness (QED) is 0.0791. The Kier molecular flexibility index (Phi) is 13.8. The first-order chi connectivity index (χ1) is 22.7. The molecular weight excluding hydrogens is 678 g/mol. The number of ether oxygens (including phenoxy) is 5. The Hall–Kier alpha value is -2.27. The van der Waals surface area contributed by atoms with Crippen molar-refractivity contribution in [3.63, 3.8) is 0 Å². The lowest BCUT2D eigenvalue weighted by molar-refractivity contribution is -0.368. The Morgan fingerprint density at radius 1 is 0.776 bits per heavy atom. The molecule has 0 spiro atoms. The number of carboxylic acid groups (broad SMARTS) is 2. The summed E-state index contributed by atoms with van der Waals surface area (Å²) in [7, 11) is 0. The summed E-state index contributed by atoms with van der Waals surface area (Å²) in [6.07, 6.45) is -31.2. The average Bonchev–Trinajstić information content (AvgIpc) is 3.04. The molecule has 3 aliphatic heterocycles. The highest BCUT2D eigenvalue weighted by atomic mass is 16.8. The molecule has 3 rings (SSSR count). The van der Waals surface area contributed by atoms with Gasteiger partial charge in [0.05, 0.1) is 32.0 Å². The van der Waals surface area contributed by atoms with Crippen LogP contribution in [-0.2, 0) is 38.1 Å². The van der Waals surface area contributed by atoms with E-state index in [9.17, 15) is 80.8 Å². The summed E-state index contributed by atoms with van der Waals surface area (Å²) in [5, 5.41) is 145. The molecule has 23 heteroatoms. The number of aliphatic carboxylic acids is 2. The van der Waals surface area contributed by atoms with Gasteiger partial charge < -0.3 is 100 Å². The lowest BCUT2D eigenvalue weighted by Crippen LogP contribution is -2.70. The van der Waals surface area contributed by atoms with Gasteiger partial charge in [0.25, 0.3) is 11.6 Å². The Balaban J connectivity index is 1.95. The fraction of sp³-hybridized carbons (Fsp3) is 0.885. The number of aliphatic hydroxyl groups is 12. The first kappa shape index (κ1) is 41.2. The zero-order valence-corrected chi connectivity index (χ0v) is 25.7. The second-order valence-electron chi connectivity index (χ2n) is 12.0. The molecule has 15 N–H and O–H groups in total. The summed E-state index contributed by atoms with van der Waals surface area (Å²) in [5.74, 6) is -11.0. The monoisotopic (exact) mass is 721 g/mol. The number of carbonyl (C=O) groups is 3. The molecule has 3 aliphatic rings. The van der Waals surface area contributed by atoms with Crippen LogP contribution in [0.3, 0.4) is 0 Å². The van der Waals surface area contributed by atoms with E-state index in [1.807, 2.05) is 0 Å². The van der Waals surface area contributed by atoms with Gasteiger partial charge in [0, 0.05) is 19.8 Å². The number of hydrogen-bond donors (Lipinski definition) is 15. The lowest BCUT2D eigenvalue weighted by Gasteiger charge is -2.50. The number of aliphatic hydroxyl groups excluding tert-OH is 12. The van der Waals surface area contributed by atoms with E-state index < -0.39 is 154 Å². The van der Waals surface area contributed by atoms with Crippen molar-refractivity contribution >= 4 is 17.8 Å². The molecule has 17 atom stereocenters. The summed E-state index contributed by atoms with van der Waals surface area (Å²) in [4.78, 5) is 36.9. The highest BCUT2D eigenvalue weighted by Crippen LogP contribution is 2.38. The van der Waals surface area contributed by atoms with Gasteiger partial charge >= 0.3 is 11.9 Å². The molecule has 0 bridgehead atoms. The molecule has 1 unspecified atom stereocenters. The largest absolute Gasteiger partial charge is 0.477 e. The minimum atomic E-state index is -3.11. The van der Waals surface area contributed by atoms with Crippen LogP contribution in [0, 0.1) is 0 Å². The third-order valence-electron chi connectivity index (χ3n) is 8.43. The van der Waals surface area contributed by atoms with Crippen LogP contribution in [0.25, 0.3) is 0 Å². The van der Waals surface area contributed by atoms with E-state index in [-0.39, 0.29) is 0 Å². The summed E-state index contributed by atoms with van der Waals surface area (Å²) >= 11 is 0. The maximum Gasteiger partial charge on any atom is 0.364 e. The van der Waals surface area contributed by atoms with E-state index >= 15 is 0 Å². The summed E-state index contributed by atoms with van der Waals surface area (Å²) in [6, 6.07) is -1.84. The van der Waals surface area contributed by atoms with E-state index in [1.165, 1.54) is 0 Å². The molecule has 284 valence electrons. The zero-order valence-electron chi connectivity index (χ0n) is 25.7. The van der Waals surface area contributed by atoms with E-state index in [1.54, 1.807) is 0 Å². The highest BCUT2D eigenvalue weighted by molar-refractivity contribution is 5.76. The predicted octanol–water partition coefficient (Wildman–Crippen LogP) is -9.02. The number of rotatable bonds is 14. The second kappa shape index (κ2) is 16.4. The second-order valence-corrected chi connectivity index (χ2v) is 12.0. The van der Waals surface area contributed by atoms with E-state index in [2.05, 4.69) is 5.32 Å². The highest BCUT2D eigenvalue weighted by Gasteiger charge is 2.60. The molecule has 3 heterocycles. The van der Waals surface area contributed by atoms with Crippen LogP contribution < -0.4 is 5.32 Å². The summed E-state index contributed by atoms with van der Waals surface area (Å²) in [6.45, 7) is -2.33. The standard InChI is InChI=1S/C26H43NO22/c1-7(30)27-13-19(47-26(24(43)44)3-9(32)15(36)21(49-26)17(38)11(34)5-29)18(39)12(46-22(13)40)6-45-25(23(41)42)2-8(31)14(35)20(48-25)16(37)10(33)4-28/h8-22,28-29,31-40H,2-6H2,1H3,(H,27,30)(H,41,42)(H,43,44)/t8-,9-,10+,11+,12+,13+,14+,15+,16+,17+,18-,19+,20+,21+,22?,25+,26+/m0/s1. The third kappa shape index (κ3) is 8.62. The van der Waals surface area contributed by atoms with Gasteiger partial charge in [-0.25, -0.2) is 9.59 Å². The molecule has 3 saturated heterocycles. The van der Waals surface area contributed by atoms with Crippen LogP contribution in [0.1, 0.15) is 19.8 Å². The summed E-state index contributed by atoms with van der Waals surface area (Å²) < 4.78 is 26.8. The van der Waals surface area contributed by atoms with Crippen molar-refractivity contribution in [2.24, 2.45) is 0 Å². The first-order valence-electron chi connectivity index (χ1n) is 14.8. The molecule has 0 aromatic carbocycles. The molecule has 0 aromatic rings. The molecule has 0 aliphatic carbocycles. The average molecular weight is 722 g/mol. The first-order valence-corrected chi connectivity index (χ1v) is 14.8. The SMILES string of the molecule is CC(=O)N[C@H]1C(O)O[C@H](CO[C@]2(C(=O)O)C[C@H](O)[C@@H](O)[C@H]([C@H](O)[C@H](O)CO)O2)[C@H](O)[C@@H]1O[C@]1(C(=O)O)C[C@H](O)[C@@H](O)[C@H]([C@H](O)[C@H](O)CO)O1. The number of carboxylic acids is 2. The Labute approximate surface area is 276 Å². The van der Waals surface area contributed by atoms with Gasteiger partial charge in [0.1, 0.15) is 73.2 Å². The zero-order chi connectivity index (χ0) is 37.2. The van der Waals surface area contributed by atoms with Gasteiger partial charge in [-0.15, -0.1) is 0 Å². The van der Waals surface area contributed by atoms with Crippen LogP contribution in [0.5, 0.6) is 0 Å². The minimum Gasteiger partial charge on any atom is -0.477 e. The van der Waals surface area contributed by atoms with E-state index in [4.69, 9.17) is 28.8 Å². The molecule has 1 amide bonds. The Bertz CT molecular complexity index is 1150. The van der Waals surface area contributed by atoms with Gasteiger partial charge in [0.2, 0.25) is 5.91 Å². The Morgan fingerprint density at radius 2 is 1.22 bits per heavy atom. The van der Waals surface area contributed by atoms with Crippen molar-refractivity contribution in [2.75, 3.05) is 19.8 Å². The fourth-order valence-corrected chi connectivity index (χ4v) is 5.70. The number of carbonyl (C=O) groups excluding carboxylic acids is 1. The number of nitrogens with one attached hydrogen (secondary N) is 1. The third-order valence-corrected chi connectivity index (χ3v) is 8.43. The van der Waals surface area contributed by atoms with Gasteiger partial charge in [-0.05, 0) is 0 Å². The van der Waals surface area contributed by atoms with E-state index in [0.29, 0.717) is 0 Å². The van der Waals surface area contributed by atoms with Crippen molar-refractivity contribution in [2.45, 2.75) is 123 Å². The normalized spacial score (nSPS) is 42.4. The van der Waals surface area contributed by atoms with Crippen LogP contribution >= 0.6 is 0 Å². The van der Waals surface area contributed by atoms with Crippen LogP contribution in [0.4, 0.5) is 0 Å². The van der Waals surface area contributed by atoms with Gasteiger partial charge in [0.15, 0.2) is 6.29 Å². The topological polar surface area (TPSA) is 393 Å². The lowest BCUT2D eigenvalue weighted by atomic mass is 9.89. The number of amides is 1. The minimum absolute atomic E-state index is 0.880. The van der Waals surface area contributed by atoms with Crippen molar-refractivity contribution in [1.29, 1.82) is 0 Å². The van der Waals surface area contributed by atoms with Crippen molar-refractivity contribution in [1.82, 2.24) is 5.32 Å². The molecule has 0 radical (unpaired) electrons. The van der Waals surface area contributed by atoms with Crippen LogP contribution in [0.2, 0.25) is 0 Å². The van der Waals surface area contributed by atoms with Crippen LogP contribution in [-0.4, -0.2) is 212 Å². The van der Waals surface area contributed by atoms with Crippen molar-refractivity contribution < 1.29 is 110 Å². The van der Waals surface area contributed by atoms with Gasteiger partial charge in [-0.3, -0.25) is 4.79 Å². The van der Waals surface area contributed by atoms with E-state index in [0.717, 1.165) is 6.92 Å². The molecule has 23 nitrogen and oxygen atoms in total. The van der Waals surface area contributed by atoms with Gasteiger partial charge in [-0.2, -0.15) is 0 Å². The van der Waals surface area contributed by atoms with Crippen LogP contribution in [0.15, 0.2) is 0 Å². The molecule has 3 fully saturated rings. The molecular formula is C26H43NO22.